The maximum absolute atomic E-state index is 11.9. The lowest BCUT2D eigenvalue weighted by molar-refractivity contribution is -0.144. The Balaban J connectivity index is 0.00000112. The SMILES string of the molecule is Cl.O=C([C@@H]1CNCCO1)N1CCSCC1. The first kappa shape index (κ1) is 13.1. The molecule has 0 aromatic carbocycles. The van der Waals surface area contributed by atoms with Gasteiger partial charge in [0.15, 0.2) is 0 Å². The molecule has 2 aliphatic heterocycles. The van der Waals surface area contributed by atoms with Crippen LogP contribution in [0, 0.1) is 0 Å². The number of hydrogen-bond donors (Lipinski definition) is 1. The lowest BCUT2D eigenvalue weighted by Gasteiger charge is -2.31. The Kier molecular flexibility index (Phi) is 5.74. The summed E-state index contributed by atoms with van der Waals surface area (Å²) in [6.45, 7) is 3.94. The first-order valence-electron chi connectivity index (χ1n) is 5.07. The predicted molar refractivity (Wildman–Crippen MR) is 63.8 cm³/mol. The molecule has 15 heavy (non-hydrogen) atoms. The van der Waals surface area contributed by atoms with Gasteiger partial charge in [-0.2, -0.15) is 11.8 Å². The van der Waals surface area contributed by atoms with Crippen molar-refractivity contribution in [2.24, 2.45) is 0 Å². The average molecular weight is 253 g/mol. The van der Waals surface area contributed by atoms with Crippen LogP contribution in [0.2, 0.25) is 0 Å². The number of carbonyl (C=O) groups excluding carboxylic acids is 1. The summed E-state index contributed by atoms with van der Waals surface area (Å²) >= 11 is 1.91. The van der Waals surface area contributed by atoms with Crippen LogP contribution < -0.4 is 5.32 Å². The van der Waals surface area contributed by atoms with Crippen molar-refractivity contribution >= 4 is 30.1 Å². The molecule has 4 nitrogen and oxygen atoms in total. The van der Waals surface area contributed by atoms with Crippen LogP contribution in [-0.2, 0) is 9.53 Å². The maximum atomic E-state index is 11.9. The monoisotopic (exact) mass is 252 g/mol. The molecular weight excluding hydrogens is 236 g/mol. The molecule has 0 bridgehead atoms. The van der Waals surface area contributed by atoms with Crippen molar-refractivity contribution in [2.75, 3.05) is 44.3 Å². The van der Waals surface area contributed by atoms with Crippen LogP contribution in [0.3, 0.4) is 0 Å². The van der Waals surface area contributed by atoms with Gasteiger partial charge in [0.1, 0.15) is 6.10 Å². The molecule has 0 aromatic rings. The van der Waals surface area contributed by atoms with Gasteiger partial charge in [-0.05, 0) is 0 Å². The number of nitrogens with zero attached hydrogens (tertiary/aromatic N) is 1. The highest BCUT2D eigenvalue weighted by Gasteiger charge is 2.27. The molecule has 6 heteroatoms. The number of ether oxygens (including phenoxy) is 1. The van der Waals surface area contributed by atoms with E-state index in [-0.39, 0.29) is 24.4 Å². The van der Waals surface area contributed by atoms with Crippen LogP contribution in [0.4, 0.5) is 0 Å². The minimum atomic E-state index is -0.244. The van der Waals surface area contributed by atoms with Crippen molar-refractivity contribution in [3.05, 3.63) is 0 Å². The van der Waals surface area contributed by atoms with Crippen molar-refractivity contribution in [3.8, 4) is 0 Å². The van der Waals surface area contributed by atoms with E-state index in [1.54, 1.807) is 0 Å². The minimum Gasteiger partial charge on any atom is -0.366 e. The van der Waals surface area contributed by atoms with Gasteiger partial charge in [-0.3, -0.25) is 4.79 Å². The number of hydrogen-bond acceptors (Lipinski definition) is 4. The molecule has 1 N–H and O–H groups in total. The van der Waals surface area contributed by atoms with Crippen LogP contribution >= 0.6 is 24.2 Å². The van der Waals surface area contributed by atoms with E-state index in [9.17, 15) is 4.79 Å². The largest absolute Gasteiger partial charge is 0.366 e. The molecule has 2 heterocycles. The van der Waals surface area contributed by atoms with Crippen molar-refractivity contribution < 1.29 is 9.53 Å². The lowest BCUT2D eigenvalue weighted by Crippen LogP contribution is -2.51. The summed E-state index contributed by atoms with van der Waals surface area (Å²) < 4.78 is 5.43. The van der Waals surface area contributed by atoms with E-state index in [2.05, 4.69) is 5.32 Å². The number of carbonyl (C=O) groups is 1. The molecule has 2 rings (SSSR count). The molecule has 88 valence electrons. The molecule has 1 atom stereocenters. The Morgan fingerprint density at radius 1 is 1.40 bits per heavy atom. The van der Waals surface area contributed by atoms with Crippen LogP contribution in [0.15, 0.2) is 0 Å². The van der Waals surface area contributed by atoms with Crippen molar-refractivity contribution in [1.82, 2.24) is 10.2 Å². The number of morpholine rings is 1. The summed E-state index contributed by atoms with van der Waals surface area (Å²) in [6.07, 6.45) is -0.244. The first-order chi connectivity index (χ1) is 6.88. The summed E-state index contributed by atoms with van der Waals surface area (Å²) in [4.78, 5) is 13.8. The van der Waals surface area contributed by atoms with Gasteiger partial charge in [-0.1, -0.05) is 0 Å². The average Bonchev–Trinajstić information content (AvgIpc) is 2.30. The van der Waals surface area contributed by atoms with Gasteiger partial charge >= 0.3 is 0 Å². The fourth-order valence-corrected chi connectivity index (χ4v) is 2.61. The van der Waals surface area contributed by atoms with Gasteiger partial charge in [-0.15, -0.1) is 12.4 Å². The fourth-order valence-electron chi connectivity index (χ4n) is 1.71. The van der Waals surface area contributed by atoms with Gasteiger partial charge in [0, 0.05) is 37.7 Å². The summed E-state index contributed by atoms with van der Waals surface area (Å²) in [6, 6.07) is 0. The number of rotatable bonds is 1. The number of thioether (sulfide) groups is 1. The van der Waals surface area contributed by atoms with Gasteiger partial charge in [-0.25, -0.2) is 0 Å². The van der Waals surface area contributed by atoms with E-state index >= 15 is 0 Å². The summed E-state index contributed by atoms with van der Waals surface area (Å²) in [5.41, 5.74) is 0. The van der Waals surface area contributed by atoms with Crippen molar-refractivity contribution in [2.45, 2.75) is 6.10 Å². The van der Waals surface area contributed by atoms with Crippen molar-refractivity contribution in [1.29, 1.82) is 0 Å². The van der Waals surface area contributed by atoms with Crippen LogP contribution in [0.25, 0.3) is 0 Å². The Morgan fingerprint density at radius 3 is 2.73 bits per heavy atom. The second kappa shape index (κ2) is 6.58. The van der Waals surface area contributed by atoms with E-state index in [0.29, 0.717) is 13.2 Å². The third kappa shape index (κ3) is 3.52. The maximum Gasteiger partial charge on any atom is 0.253 e. The molecule has 0 aromatic heterocycles. The van der Waals surface area contributed by atoms with Gasteiger partial charge in [0.2, 0.25) is 0 Å². The summed E-state index contributed by atoms with van der Waals surface area (Å²) in [5.74, 6) is 2.29. The second-order valence-corrected chi connectivity index (χ2v) is 4.73. The second-order valence-electron chi connectivity index (χ2n) is 3.50. The number of halogens is 1. The molecule has 0 radical (unpaired) electrons. The third-order valence-electron chi connectivity index (χ3n) is 2.53. The molecule has 1 amide bonds. The highest BCUT2D eigenvalue weighted by Crippen LogP contribution is 2.11. The van der Waals surface area contributed by atoms with E-state index in [0.717, 1.165) is 31.1 Å². The standard InChI is InChI=1S/C9H16N2O2S.ClH/c12-9(8-7-10-1-4-13-8)11-2-5-14-6-3-11;/h8,10H,1-7H2;1H/t8-;/m0./s1. The smallest absolute Gasteiger partial charge is 0.253 e. The Labute approximate surface area is 101 Å². The van der Waals surface area contributed by atoms with Crippen LogP contribution in [-0.4, -0.2) is 61.2 Å². The van der Waals surface area contributed by atoms with Gasteiger partial charge in [0.05, 0.1) is 6.61 Å². The summed E-state index contributed by atoms with van der Waals surface area (Å²) in [7, 11) is 0. The zero-order valence-corrected chi connectivity index (χ0v) is 10.2. The van der Waals surface area contributed by atoms with Crippen LogP contribution in [0.5, 0.6) is 0 Å². The predicted octanol–water partition coefficient (Wildman–Crippen LogP) is -0.0280. The van der Waals surface area contributed by atoms with Crippen LogP contribution in [0.1, 0.15) is 0 Å². The first-order valence-corrected chi connectivity index (χ1v) is 6.22. The fraction of sp³-hybridized carbons (Fsp3) is 0.889. The van der Waals surface area contributed by atoms with E-state index in [4.69, 9.17) is 4.74 Å². The summed E-state index contributed by atoms with van der Waals surface area (Å²) in [5, 5.41) is 3.18. The van der Waals surface area contributed by atoms with E-state index in [1.165, 1.54) is 0 Å². The molecule has 2 fully saturated rings. The zero-order chi connectivity index (χ0) is 9.80. The van der Waals surface area contributed by atoms with E-state index in [1.807, 2.05) is 16.7 Å². The van der Waals surface area contributed by atoms with Gasteiger partial charge < -0.3 is 15.0 Å². The quantitative estimate of drug-likeness (QED) is 0.712. The number of nitrogens with one attached hydrogen (secondary N) is 1. The Bertz CT molecular complexity index is 186. The molecular formula is C9H17ClN2O2S. The topological polar surface area (TPSA) is 41.6 Å². The van der Waals surface area contributed by atoms with Gasteiger partial charge in [0.25, 0.3) is 5.91 Å². The molecule has 0 aliphatic carbocycles. The molecule has 0 spiro atoms. The highest BCUT2D eigenvalue weighted by atomic mass is 35.5. The lowest BCUT2D eigenvalue weighted by atomic mass is 10.2. The zero-order valence-electron chi connectivity index (χ0n) is 8.61. The normalized spacial score (nSPS) is 26.9. The molecule has 2 aliphatic rings. The Morgan fingerprint density at radius 2 is 2.13 bits per heavy atom. The molecule has 0 unspecified atom stereocenters. The van der Waals surface area contributed by atoms with Crippen molar-refractivity contribution in [3.63, 3.8) is 0 Å². The highest BCUT2D eigenvalue weighted by molar-refractivity contribution is 7.99. The van der Waals surface area contributed by atoms with E-state index < -0.39 is 0 Å². The minimum absolute atomic E-state index is 0. The Hall–Kier alpha value is 0.0300. The third-order valence-corrected chi connectivity index (χ3v) is 3.47. The number of amides is 1. The molecule has 2 saturated heterocycles. The molecule has 0 saturated carbocycles.